The third kappa shape index (κ3) is 3.42. The fourth-order valence-corrected chi connectivity index (χ4v) is 3.76. The average Bonchev–Trinajstić information content (AvgIpc) is 3.00. The molecule has 1 saturated heterocycles. The molecule has 5 nitrogen and oxygen atoms in total. The Morgan fingerprint density at radius 2 is 1.96 bits per heavy atom. The molecule has 0 spiro atoms. The minimum Gasteiger partial charge on any atom is -0.378 e. The predicted molar refractivity (Wildman–Crippen MR) is 99.3 cm³/mol. The van der Waals surface area contributed by atoms with Gasteiger partial charge in [-0.1, -0.05) is 30.3 Å². The van der Waals surface area contributed by atoms with Crippen molar-refractivity contribution >= 4 is 28.4 Å². The Hall–Kier alpha value is -2.36. The van der Waals surface area contributed by atoms with Gasteiger partial charge < -0.3 is 14.5 Å². The van der Waals surface area contributed by atoms with Crippen LogP contribution in [0.5, 0.6) is 0 Å². The highest BCUT2D eigenvalue weighted by molar-refractivity contribution is 7.20. The van der Waals surface area contributed by atoms with Crippen LogP contribution in [0.1, 0.15) is 5.56 Å². The van der Waals surface area contributed by atoms with Gasteiger partial charge in [-0.3, -0.25) is 0 Å². The van der Waals surface area contributed by atoms with Crippen LogP contribution in [0.25, 0.3) is 10.4 Å². The monoisotopic (exact) mass is 340 g/mol. The van der Waals surface area contributed by atoms with Gasteiger partial charge in [-0.25, -0.2) is 4.99 Å². The zero-order chi connectivity index (χ0) is 16.9. The molecule has 6 heteroatoms. The number of benzene rings is 1. The second-order valence-corrected chi connectivity index (χ2v) is 6.74. The lowest BCUT2D eigenvalue weighted by molar-refractivity contribution is 0.123. The summed E-state index contributed by atoms with van der Waals surface area (Å²) in [5.74, 6) is 0. The van der Waals surface area contributed by atoms with Gasteiger partial charge in [0.05, 0.1) is 30.1 Å². The molecule has 0 atom stereocenters. The highest BCUT2D eigenvalue weighted by Gasteiger charge is 2.25. The van der Waals surface area contributed by atoms with Crippen molar-refractivity contribution in [3.05, 3.63) is 35.9 Å². The van der Waals surface area contributed by atoms with Gasteiger partial charge in [0.25, 0.3) is 0 Å². The Labute approximate surface area is 146 Å². The van der Waals surface area contributed by atoms with Gasteiger partial charge in [-0.2, -0.15) is 5.26 Å². The molecular formula is C18H20N4OS. The number of ether oxygens (including phenoxy) is 1. The van der Waals surface area contributed by atoms with E-state index in [4.69, 9.17) is 4.74 Å². The fourth-order valence-electron chi connectivity index (χ4n) is 2.64. The first-order valence-corrected chi connectivity index (χ1v) is 8.68. The van der Waals surface area contributed by atoms with Crippen LogP contribution in [0, 0.1) is 11.3 Å². The summed E-state index contributed by atoms with van der Waals surface area (Å²) in [7, 11) is 3.84. The molecule has 1 aliphatic heterocycles. The van der Waals surface area contributed by atoms with Crippen LogP contribution in [0.3, 0.4) is 0 Å². The molecule has 0 N–H and O–H groups in total. The number of nitriles is 1. The molecule has 1 aromatic carbocycles. The molecule has 1 fully saturated rings. The molecule has 0 amide bonds. The molecule has 1 aromatic heterocycles. The first-order chi connectivity index (χ1) is 11.7. The zero-order valence-corrected chi connectivity index (χ0v) is 14.7. The Bertz CT molecular complexity index is 755. The van der Waals surface area contributed by atoms with E-state index in [2.05, 4.69) is 28.1 Å². The van der Waals surface area contributed by atoms with Crippen LogP contribution in [0.15, 0.2) is 35.3 Å². The lowest BCUT2D eigenvalue weighted by Crippen LogP contribution is -2.36. The van der Waals surface area contributed by atoms with Crippen molar-refractivity contribution in [3.63, 3.8) is 0 Å². The van der Waals surface area contributed by atoms with E-state index >= 15 is 0 Å². The second kappa shape index (κ2) is 7.47. The summed E-state index contributed by atoms with van der Waals surface area (Å²) in [5, 5.41) is 10.5. The van der Waals surface area contributed by atoms with Crippen LogP contribution < -0.4 is 4.90 Å². The molecule has 2 heterocycles. The van der Waals surface area contributed by atoms with Crippen LogP contribution in [-0.2, 0) is 4.74 Å². The molecule has 1 aliphatic rings. The van der Waals surface area contributed by atoms with Crippen molar-refractivity contribution in [2.24, 2.45) is 4.99 Å². The summed E-state index contributed by atoms with van der Waals surface area (Å²) in [6.45, 7) is 2.96. The van der Waals surface area contributed by atoms with E-state index in [0.29, 0.717) is 18.8 Å². The summed E-state index contributed by atoms with van der Waals surface area (Å²) in [6.07, 6.45) is 1.74. The van der Waals surface area contributed by atoms with Gasteiger partial charge >= 0.3 is 0 Å². The summed E-state index contributed by atoms with van der Waals surface area (Å²) in [5.41, 5.74) is 2.76. The number of morpholine rings is 1. The Kier molecular flexibility index (Phi) is 5.14. The molecule has 0 unspecified atom stereocenters. The number of hydrogen-bond donors (Lipinski definition) is 0. The van der Waals surface area contributed by atoms with Crippen molar-refractivity contribution in [1.29, 1.82) is 5.26 Å². The molecule has 0 aliphatic carbocycles. The molecule has 124 valence electrons. The standard InChI is InChI=1S/C18H20N4OS/c1-21(2)13-20-18-15(12-19)16(22-8-10-23-11-9-22)17(24-18)14-6-4-3-5-7-14/h3-7,13H,8-11H2,1-2H3. The highest BCUT2D eigenvalue weighted by atomic mass is 32.1. The Morgan fingerprint density at radius 3 is 2.58 bits per heavy atom. The number of nitrogens with zero attached hydrogens (tertiary/aromatic N) is 4. The lowest BCUT2D eigenvalue weighted by Gasteiger charge is -2.29. The minimum absolute atomic E-state index is 0.652. The molecular weight excluding hydrogens is 320 g/mol. The first kappa shape index (κ1) is 16.5. The van der Waals surface area contributed by atoms with Crippen molar-refractivity contribution in [1.82, 2.24) is 4.90 Å². The molecule has 2 aromatic rings. The molecule has 0 bridgehead atoms. The largest absolute Gasteiger partial charge is 0.378 e. The van der Waals surface area contributed by atoms with Gasteiger partial charge in [-0.15, -0.1) is 11.3 Å². The van der Waals surface area contributed by atoms with E-state index in [1.807, 2.05) is 37.2 Å². The van der Waals surface area contributed by atoms with Gasteiger partial charge in [-0.05, 0) is 5.56 Å². The molecule has 0 radical (unpaired) electrons. The summed E-state index contributed by atoms with van der Waals surface area (Å²) in [4.78, 5) is 9.73. The normalized spacial score (nSPS) is 14.8. The van der Waals surface area contributed by atoms with Gasteiger partial charge in [0.2, 0.25) is 0 Å². The third-order valence-electron chi connectivity index (χ3n) is 3.75. The van der Waals surface area contributed by atoms with Crippen molar-refractivity contribution in [3.8, 4) is 16.5 Å². The predicted octanol–water partition coefficient (Wildman–Crippen LogP) is 3.34. The van der Waals surface area contributed by atoms with E-state index in [-0.39, 0.29) is 0 Å². The molecule has 24 heavy (non-hydrogen) atoms. The zero-order valence-electron chi connectivity index (χ0n) is 13.9. The van der Waals surface area contributed by atoms with Crippen LogP contribution in [0.4, 0.5) is 10.7 Å². The molecule has 3 rings (SSSR count). The topological polar surface area (TPSA) is 51.9 Å². The van der Waals surface area contributed by atoms with Crippen molar-refractivity contribution < 1.29 is 4.74 Å². The minimum atomic E-state index is 0.652. The first-order valence-electron chi connectivity index (χ1n) is 7.86. The second-order valence-electron chi connectivity index (χ2n) is 5.75. The quantitative estimate of drug-likeness (QED) is 0.633. The number of hydrogen-bond acceptors (Lipinski definition) is 5. The van der Waals surface area contributed by atoms with E-state index < -0.39 is 0 Å². The van der Waals surface area contributed by atoms with E-state index in [0.717, 1.165) is 34.2 Å². The van der Waals surface area contributed by atoms with Crippen LogP contribution in [0.2, 0.25) is 0 Å². The average molecular weight is 340 g/mol. The maximum atomic E-state index is 9.77. The van der Waals surface area contributed by atoms with Gasteiger partial charge in [0.1, 0.15) is 16.6 Å². The maximum absolute atomic E-state index is 9.77. The molecule has 0 saturated carbocycles. The number of thiophene rings is 1. The van der Waals surface area contributed by atoms with Gasteiger partial charge in [0.15, 0.2) is 0 Å². The third-order valence-corrected chi connectivity index (χ3v) is 4.88. The number of aliphatic imine (C=N–C) groups is 1. The summed E-state index contributed by atoms with van der Waals surface area (Å²) < 4.78 is 5.47. The van der Waals surface area contributed by atoms with E-state index in [1.165, 1.54) is 0 Å². The maximum Gasteiger partial charge on any atom is 0.138 e. The summed E-state index contributed by atoms with van der Waals surface area (Å²) >= 11 is 1.57. The summed E-state index contributed by atoms with van der Waals surface area (Å²) in [6, 6.07) is 12.6. The highest BCUT2D eigenvalue weighted by Crippen LogP contribution is 2.47. The van der Waals surface area contributed by atoms with Gasteiger partial charge in [0, 0.05) is 27.2 Å². The number of anilines is 1. The number of rotatable bonds is 4. The van der Waals surface area contributed by atoms with Crippen molar-refractivity contribution in [2.45, 2.75) is 0 Å². The van der Waals surface area contributed by atoms with E-state index in [1.54, 1.807) is 17.7 Å². The van der Waals surface area contributed by atoms with Crippen molar-refractivity contribution in [2.75, 3.05) is 45.3 Å². The van der Waals surface area contributed by atoms with E-state index in [9.17, 15) is 5.26 Å². The van der Waals surface area contributed by atoms with Crippen LogP contribution >= 0.6 is 11.3 Å². The SMILES string of the molecule is CN(C)C=Nc1sc(-c2ccccc2)c(N2CCOCC2)c1C#N. The van der Waals surface area contributed by atoms with Crippen LogP contribution in [-0.4, -0.2) is 51.6 Å². The smallest absolute Gasteiger partial charge is 0.138 e. The Balaban J connectivity index is 2.13. The Morgan fingerprint density at radius 1 is 1.25 bits per heavy atom. The fraction of sp³-hybridized carbons (Fsp3) is 0.333. The lowest BCUT2D eigenvalue weighted by atomic mass is 10.1.